The molecule has 1 fully saturated rings. The first-order valence-electron chi connectivity index (χ1n) is 5.30. The van der Waals surface area contributed by atoms with Crippen LogP contribution in [0.25, 0.3) is 0 Å². The molecule has 1 aliphatic rings. The lowest BCUT2D eigenvalue weighted by molar-refractivity contribution is -0.120. The van der Waals surface area contributed by atoms with E-state index in [1.807, 2.05) is 0 Å². The van der Waals surface area contributed by atoms with Crippen molar-refractivity contribution in [1.82, 2.24) is 5.32 Å². The van der Waals surface area contributed by atoms with Crippen LogP contribution in [0.1, 0.15) is 23.7 Å². The molecule has 1 aromatic rings. The Morgan fingerprint density at radius 1 is 1.24 bits per heavy atom. The molecule has 0 saturated carbocycles. The summed E-state index contributed by atoms with van der Waals surface area (Å²) in [6, 6.07) is 6.32. The van der Waals surface area contributed by atoms with Crippen LogP contribution in [0.3, 0.4) is 0 Å². The summed E-state index contributed by atoms with van der Waals surface area (Å²) < 4.78 is 0. The summed E-state index contributed by atoms with van der Waals surface area (Å²) in [7, 11) is 0. The third-order valence-corrected chi connectivity index (χ3v) is 2.64. The number of hydrogen-bond acceptors (Lipinski definition) is 3. The molecule has 1 saturated heterocycles. The number of nitrogens with zero attached hydrogens (tertiary/aromatic N) is 1. The van der Waals surface area contributed by atoms with Gasteiger partial charge < -0.3 is 0 Å². The number of carbonyl (C=O) groups is 3. The van der Waals surface area contributed by atoms with Crippen molar-refractivity contribution in [3.8, 4) is 0 Å². The molecular formula is C12H12N2O3. The van der Waals surface area contributed by atoms with Crippen molar-refractivity contribution in [2.24, 2.45) is 0 Å². The summed E-state index contributed by atoms with van der Waals surface area (Å²) in [5, 5.41) is 2.25. The molecule has 0 aliphatic carbocycles. The van der Waals surface area contributed by atoms with Crippen LogP contribution in [0, 0.1) is 0 Å². The largest absolute Gasteiger partial charge is 0.328 e. The summed E-state index contributed by atoms with van der Waals surface area (Å²) in [6.45, 7) is 1.85. The molecule has 1 aromatic carbocycles. The molecule has 0 atom stereocenters. The van der Waals surface area contributed by atoms with E-state index < -0.39 is 6.03 Å². The highest BCUT2D eigenvalue weighted by atomic mass is 16.2. The lowest BCUT2D eigenvalue weighted by Crippen LogP contribution is -2.49. The van der Waals surface area contributed by atoms with Crippen LogP contribution in [-0.2, 0) is 4.79 Å². The van der Waals surface area contributed by atoms with Crippen LogP contribution in [-0.4, -0.2) is 24.3 Å². The third kappa shape index (κ3) is 2.33. The predicted molar refractivity (Wildman–Crippen MR) is 61.9 cm³/mol. The topological polar surface area (TPSA) is 66.5 Å². The van der Waals surface area contributed by atoms with Gasteiger partial charge in [-0.2, -0.15) is 0 Å². The number of carbonyl (C=O) groups excluding carboxylic acids is 3. The van der Waals surface area contributed by atoms with Gasteiger partial charge in [-0.3, -0.25) is 19.8 Å². The Hall–Kier alpha value is -2.17. The number of Topliss-reactive ketones (excluding diaryl/α,β-unsaturated/α-hetero) is 1. The molecule has 17 heavy (non-hydrogen) atoms. The predicted octanol–water partition coefficient (Wildman–Crippen LogP) is 1.34. The molecule has 2 rings (SSSR count). The molecule has 1 aliphatic heterocycles. The van der Waals surface area contributed by atoms with Crippen molar-refractivity contribution in [2.75, 3.05) is 11.4 Å². The van der Waals surface area contributed by atoms with Crippen LogP contribution in [0.5, 0.6) is 0 Å². The van der Waals surface area contributed by atoms with E-state index in [0.717, 1.165) is 0 Å². The Morgan fingerprint density at radius 3 is 2.41 bits per heavy atom. The number of anilines is 1. The first kappa shape index (κ1) is 11.3. The SMILES string of the molecule is CC(=O)c1ccc(N2CCC(=O)NC2=O)cc1. The Bertz CT molecular complexity index is 479. The van der Waals surface area contributed by atoms with Gasteiger partial charge in [-0.15, -0.1) is 0 Å². The van der Waals surface area contributed by atoms with Gasteiger partial charge in [0.05, 0.1) is 0 Å². The smallest absolute Gasteiger partial charge is 0.295 e. The number of urea groups is 1. The zero-order valence-electron chi connectivity index (χ0n) is 9.40. The first-order valence-corrected chi connectivity index (χ1v) is 5.30. The highest BCUT2D eigenvalue weighted by Crippen LogP contribution is 2.17. The summed E-state index contributed by atoms with van der Waals surface area (Å²) in [5.41, 5.74) is 1.28. The van der Waals surface area contributed by atoms with Crippen molar-refractivity contribution >= 4 is 23.4 Å². The maximum absolute atomic E-state index is 11.6. The number of nitrogens with one attached hydrogen (secondary N) is 1. The van der Waals surface area contributed by atoms with Gasteiger partial charge in [0.25, 0.3) is 0 Å². The molecule has 3 amide bonds. The molecule has 0 spiro atoms. The van der Waals surface area contributed by atoms with Gasteiger partial charge in [-0.25, -0.2) is 4.79 Å². The van der Waals surface area contributed by atoms with Crippen LogP contribution >= 0.6 is 0 Å². The van der Waals surface area contributed by atoms with Crippen molar-refractivity contribution in [3.05, 3.63) is 29.8 Å². The molecule has 0 bridgehead atoms. The highest BCUT2D eigenvalue weighted by molar-refractivity contribution is 6.05. The molecule has 0 radical (unpaired) electrons. The maximum atomic E-state index is 11.6. The fourth-order valence-electron chi connectivity index (χ4n) is 1.69. The minimum atomic E-state index is -0.420. The number of amides is 3. The van der Waals surface area contributed by atoms with Gasteiger partial charge >= 0.3 is 6.03 Å². The normalized spacial score (nSPS) is 15.7. The minimum Gasteiger partial charge on any atom is -0.295 e. The lowest BCUT2D eigenvalue weighted by Gasteiger charge is -2.26. The van der Waals surface area contributed by atoms with Crippen LogP contribution in [0.4, 0.5) is 10.5 Å². The van der Waals surface area contributed by atoms with Gasteiger partial charge in [-0.05, 0) is 31.2 Å². The summed E-state index contributed by atoms with van der Waals surface area (Å²) >= 11 is 0. The Labute approximate surface area is 98.4 Å². The van der Waals surface area contributed by atoms with Crippen LogP contribution in [0.15, 0.2) is 24.3 Å². The van der Waals surface area contributed by atoms with E-state index in [4.69, 9.17) is 0 Å². The number of benzene rings is 1. The second kappa shape index (κ2) is 4.37. The highest BCUT2D eigenvalue weighted by Gasteiger charge is 2.23. The molecule has 0 aromatic heterocycles. The number of rotatable bonds is 2. The van der Waals surface area contributed by atoms with Gasteiger partial charge in [0.15, 0.2) is 5.78 Å². The standard InChI is InChI=1S/C12H12N2O3/c1-8(15)9-2-4-10(5-3-9)14-7-6-11(16)13-12(14)17/h2-5H,6-7H2,1H3,(H,13,16,17). The Morgan fingerprint density at radius 2 is 1.88 bits per heavy atom. The maximum Gasteiger partial charge on any atom is 0.328 e. The monoisotopic (exact) mass is 232 g/mol. The van der Waals surface area contributed by atoms with E-state index in [1.54, 1.807) is 24.3 Å². The van der Waals surface area contributed by atoms with E-state index in [-0.39, 0.29) is 11.7 Å². The lowest BCUT2D eigenvalue weighted by atomic mass is 10.1. The fourth-order valence-corrected chi connectivity index (χ4v) is 1.69. The summed E-state index contributed by atoms with van der Waals surface area (Å²) in [6.07, 6.45) is 0.292. The van der Waals surface area contributed by atoms with Crippen molar-refractivity contribution in [3.63, 3.8) is 0 Å². The number of hydrogen-bond donors (Lipinski definition) is 1. The molecule has 5 heteroatoms. The Balaban J connectivity index is 2.20. The van der Waals surface area contributed by atoms with E-state index >= 15 is 0 Å². The zero-order valence-corrected chi connectivity index (χ0v) is 9.40. The first-order chi connectivity index (χ1) is 8.08. The number of imide groups is 1. The zero-order chi connectivity index (χ0) is 12.4. The average molecular weight is 232 g/mol. The fraction of sp³-hybridized carbons (Fsp3) is 0.250. The summed E-state index contributed by atoms with van der Waals surface area (Å²) in [5.74, 6) is -0.276. The Kier molecular flexibility index (Phi) is 2.91. The van der Waals surface area contributed by atoms with Gasteiger partial charge in [0, 0.05) is 24.2 Å². The third-order valence-electron chi connectivity index (χ3n) is 2.64. The van der Waals surface area contributed by atoms with E-state index in [2.05, 4.69) is 5.32 Å². The quantitative estimate of drug-likeness (QED) is 0.782. The van der Waals surface area contributed by atoms with E-state index in [1.165, 1.54) is 11.8 Å². The molecule has 1 heterocycles. The summed E-state index contributed by atoms with van der Waals surface area (Å²) in [4.78, 5) is 35.1. The molecular weight excluding hydrogens is 220 g/mol. The minimum absolute atomic E-state index is 0.0187. The van der Waals surface area contributed by atoms with Crippen molar-refractivity contribution in [2.45, 2.75) is 13.3 Å². The van der Waals surface area contributed by atoms with E-state index in [9.17, 15) is 14.4 Å². The second-order valence-corrected chi connectivity index (χ2v) is 3.86. The van der Waals surface area contributed by atoms with Crippen LogP contribution in [0.2, 0.25) is 0 Å². The molecule has 1 N–H and O–H groups in total. The average Bonchev–Trinajstić information content (AvgIpc) is 2.29. The van der Waals surface area contributed by atoms with Crippen molar-refractivity contribution < 1.29 is 14.4 Å². The van der Waals surface area contributed by atoms with Gasteiger partial charge in [0.2, 0.25) is 5.91 Å². The second-order valence-electron chi connectivity index (χ2n) is 3.86. The molecule has 88 valence electrons. The van der Waals surface area contributed by atoms with Gasteiger partial charge in [-0.1, -0.05) is 0 Å². The van der Waals surface area contributed by atoms with Crippen molar-refractivity contribution in [1.29, 1.82) is 0 Å². The molecule has 5 nitrogen and oxygen atoms in total. The van der Waals surface area contributed by atoms with Crippen LogP contribution < -0.4 is 10.2 Å². The number of ketones is 1. The van der Waals surface area contributed by atoms with E-state index in [0.29, 0.717) is 24.2 Å². The van der Waals surface area contributed by atoms with Gasteiger partial charge in [0.1, 0.15) is 0 Å². The molecule has 0 unspecified atom stereocenters.